The lowest BCUT2D eigenvalue weighted by molar-refractivity contribution is 0.342. The molecule has 0 aromatic carbocycles. The number of hydrogen-bond donors (Lipinski definition) is 1. The Hall–Kier alpha value is -0.820. The van der Waals surface area contributed by atoms with Crippen LogP contribution in [-0.2, 0) is 0 Å². The topological polar surface area (TPSA) is 20.2 Å². The minimum absolute atomic E-state index is 0.149. The van der Waals surface area contributed by atoms with Crippen LogP contribution in [0.15, 0.2) is 35.5 Å². The fraction of sp³-hybridized carbons (Fsp3) is 0.455. The van der Waals surface area contributed by atoms with Crippen molar-refractivity contribution in [2.45, 2.75) is 26.2 Å². The Morgan fingerprint density at radius 1 is 1.50 bits per heavy atom. The highest BCUT2D eigenvalue weighted by atomic mass is 16.2. The smallest absolute Gasteiger partial charge is 0.0618 e. The van der Waals surface area contributed by atoms with Gasteiger partial charge in [0.1, 0.15) is 0 Å². The van der Waals surface area contributed by atoms with E-state index in [1.165, 1.54) is 24.0 Å². The Balaban J connectivity index is 2.49. The summed E-state index contributed by atoms with van der Waals surface area (Å²) >= 11 is 0. The van der Waals surface area contributed by atoms with Crippen LogP contribution in [0.4, 0.5) is 0 Å². The van der Waals surface area contributed by atoms with Gasteiger partial charge in [0.15, 0.2) is 0 Å². The zero-order valence-corrected chi connectivity index (χ0v) is 7.59. The standard InChI is InChI=1S/C11H16O/c1-2-3-10-4-6-11(7-5-10)8-9-12/h4-6,8,12H,2-3,7,9H2,1H3. The van der Waals surface area contributed by atoms with E-state index < -0.39 is 0 Å². The summed E-state index contributed by atoms with van der Waals surface area (Å²) in [4.78, 5) is 0. The molecule has 0 saturated heterocycles. The van der Waals surface area contributed by atoms with Crippen LogP contribution in [0, 0.1) is 0 Å². The minimum Gasteiger partial charge on any atom is -0.392 e. The summed E-state index contributed by atoms with van der Waals surface area (Å²) in [6.07, 6.45) is 11.7. The maximum absolute atomic E-state index is 8.66. The maximum Gasteiger partial charge on any atom is 0.0618 e. The molecule has 0 saturated carbocycles. The second-order valence-corrected chi connectivity index (χ2v) is 3.03. The Kier molecular flexibility index (Phi) is 3.81. The molecule has 66 valence electrons. The summed E-state index contributed by atoms with van der Waals surface area (Å²) in [5, 5.41) is 8.66. The highest BCUT2D eigenvalue weighted by Gasteiger charge is 1.99. The van der Waals surface area contributed by atoms with Gasteiger partial charge in [-0.1, -0.05) is 43.2 Å². The first-order valence-electron chi connectivity index (χ1n) is 4.53. The van der Waals surface area contributed by atoms with E-state index in [9.17, 15) is 0 Å². The van der Waals surface area contributed by atoms with Gasteiger partial charge in [-0.15, -0.1) is 0 Å². The van der Waals surface area contributed by atoms with Gasteiger partial charge in [-0.05, 0) is 18.4 Å². The molecular formula is C11H16O. The Labute approximate surface area is 74.1 Å². The van der Waals surface area contributed by atoms with Crippen LogP contribution in [-0.4, -0.2) is 11.7 Å². The number of hydrogen-bond acceptors (Lipinski definition) is 1. The summed E-state index contributed by atoms with van der Waals surface area (Å²) in [6.45, 7) is 2.34. The van der Waals surface area contributed by atoms with Crippen LogP contribution < -0.4 is 0 Å². The van der Waals surface area contributed by atoms with E-state index >= 15 is 0 Å². The minimum atomic E-state index is 0.149. The normalized spacial score (nSPS) is 19.8. The summed E-state index contributed by atoms with van der Waals surface area (Å²) in [7, 11) is 0. The molecule has 1 heteroatoms. The molecule has 0 aliphatic heterocycles. The van der Waals surface area contributed by atoms with Gasteiger partial charge < -0.3 is 5.11 Å². The highest BCUT2D eigenvalue weighted by molar-refractivity contribution is 5.35. The van der Waals surface area contributed by atoms with Gasteiger partial charge in [0.25, 0.3) is 0 Å². The Morgan fingerprint density at radius 2 is 2.33 bits per heavy atom. The molecule has 0 spiro atoms. The van der Waals surface area contributed by atoms with Crippen LogP contribution in [0.1, 0.15) is 26.2 Å². The van der Waals surface area contributed by atoms with Gasteiger partial charge >= 0.3 is 0 Å². The van der Waals surface area contributed by atoms with Crippen LogP contribution in [0.3, 0.4) is 0 Å². The second-order valence-electron chi connectivity index (χ2n) is 3.03. The Morgan fingerprint density at radius 3 is 2.83 bits per heavy atom. The number of allylic oxidation sites excluding steroid dienone is 5. The first-order chi connectivity index (χ1) is 5.86. The molecule has 0 bridgehead atoms. The van der Waals surface area contributed by atoms with Crippen LogP contribution in [0.25, 0.3) is 0 Å². The van der Waals surface area contributed by atoms with E-state index in [4.69, 9.17) is 5.11 Å². The molecule has 1 aliphatic carbocycles. The Bertz CT molecular complexity index is 221. The molecule has 0 amide bonds. The average molecular weight is 164 g/mol. The molecule has 0 heterocycles. The lowest BCUT2D eigenvalue weighted by Gasteiger charge is -2.07. The molecule has 0 atom stereocenters. The molecule has 12 heavy (non-hydrogen) atoms. The molecule has 0 aromatic rings. The van der Waals surface area contributed by atoms with Crippen molar-refractivity contribution in [2.24, 2.45) is 0 Å². The summed E-state index contributed by atoms with van der Waals surface area (Å²) < 4.78 is 0. The third-order valence-electron chi connectivity index (χ3n) is 2.00. The molecule has 1 rings (SSSR count). The second kappa shape index (κ2) is 4.94. The largest absolute Gasteiger partial charge is 0.392 e. The van der Waals surface area contributed by atoms with Crippen molar-refractivity contribution in [1.82, 2.24) is 0 Å². The molecule has 1 aliphatic rings. The monoisotopic (exact) mass is 164 g/mol. The van der Waals surface area contributed by atoms with Crippen molar-refractivity contribution < 1.29 is 5.11 Å². The molecule has 0 aromatic heterocycles. The lowest BCUT2D eigenvalue weighted by atomic mass is 9.99. The molecule has 0 unspecified atom stereocenters. The van der Waals surface area contributed by atoms with Crippen molar-refractivity contribution in [1.29, 1.82) is 0 Å². The van der Waals surface area contributed by atoms with Crippen LogP contribution in [0.5, 0.6) is 0 Å². The average Bonchev–Trinajstić information content (AvgIpc) is 2.09. The summed E-state index contributed by atoms with van der Waals surface area (Å²) in [5.74, 6) is 0. The first-order valence-corrected chi connectivity index (χ1v) is 4.53. The SMILES string of the molecule is CCCC1=CCC(=CCO)C=C1. The molecule has 0 fully saturated rings. The van der Waals surface area contributed by atoms with Crippen molar-refractivity contribution in [3.8, 4) is 0 Å². The van der Waals surface area contributed by atoms with Crippen molar-refractivity contribution >= 4 is 0 Å². The van der Waals surface area contributed by atoms with E-state index in [2.05, 4.69) is 25.2 Å². The zero-order chi connectivity index (χ0) is 8.81. The van der Waals surface area contributed by atoms with Crippen molar-refractivity contribution in [3.05, 3.63) is 35.5 Å². The predicted octanol–water partition coefficient (Wildman–Crippen LogP) is 2.59. The van der Waals surface area contributed by atoms with Crippen molar-refractivity contribution in [2.75, 3.05) is 6.61 Å². The lowest BCUT2D eigenvalue weighted by Crippen LogP contribution is -1.89. The third-order valence-corrected chi connectivity index (χ3v) is 2.00. The van der Waals surface area contributed by atoms with Gasteiger partial charge in [0, 0.05) is 0 Å². The predicted molar refractivity (Wildman–Crippen MR) is 51.9 cm³/mol. The fourth-order valence-corrected chi connectivity index (χ4v) is 1.34. The van der Waals surface area contributed by atoms with Crippen molar-refractivity contribution in [3.63, 3.8) is 0 Å². The molecule has 0 radical (unpaired) electrons. The van der Waals surface area contributed by atoms with Gasteiger partial charge in [0.05, 0.1) is 6.61 Å². The summed E-state index contributed by atoms with van der Waals surface area (Å²) in [6, 6.07) is 0. The highest BCUT2D eigenvalue weighted by Crippen LogP contribution is 2.18. The number of aliphatic hydroxyl groups excluding tert-OH is 1. The van der Waals surface area contributed by atoms with E-state index in [0.717, 1.165) is 6.42 Å². The summed E-state index contributed by atoms with van der Waals surface area (Å²) in [5.41, 5.74) is 2.64. The first kappa shape index (κ1) is 9.27. The number of rotatable bonds is 3. The van der Waals surface area contributed by atoms with E-state index in [-0.39, 0.29) is 6.61 Å². The maximum atomic E-state index is 8.66. The van der Waals surface area contributed by atoms with E-state index in [1.807, 2.05) is 6.08 Å². The molecule has 1 N–H and O–H groups in total. The van der Waals surface area contributed by atoms with Gasteiger partial charge in [-0.3, -0.25) is 0 Å². The third kappa shape index (κ3) is 2.67. The van der Waals surface area contributed by atoms with E-state index in [1.54, 1.807) is 0 Å². The molecule has 1 nitrogen and oxygen atoms in total. The van der Waals surface area contributed by atoms with Gasteiger partial charge in [0.2, 0.25) is 0 Å². The van der Waals surface area contributed by atoms with Crippen LogP contribution in [0.2, 0.25) is 0 Å². The number of aliphatic hydroxyl groups is 1. The van der Waals surface area contributed by atoms with E-state index in [0.29, 0.717) is 0 Å². The quantitative estimate of drug-likeness (QED) is 0.679. The zero-order valence-electron chi connectivity index (χ0n) is 7.59. The fourth-order valence-electron chi connectivity index (χ4n) is 1.34. The van der Waals surface area contributed by atoms with Crippen LogP contribution >= 0.6 is 0 Å². The van der Waals surface area contributed by atoms with Gasteiger partial charge in [-0.25, -0.2) is 0 Å². The van der Waals surface area contributed by atoms with Gasteiger partial charge in [-0.2, -0.15) is 0 Å². The molecular weight excluding hydrogens is 148 g/mol.